The van der Waals surface area contributed by atoms with Gasteiger partial charge in [-0.05, 0) is 58.0 Å². The van der Waals surface area contributed by atoms with Crippen LogP contribution in [0.25, 0.3) is 22.0 Å². The maximum absolute atomic E-state index is 5.91. The van der Waals surface area contributed by atoms with Gasteiger partial charge >= 0.3 is 0 Å². The van der Waals surface area contributed by atoms with Crippen molar-refractivity contribution in [1.82, 2.24) is 4.57 Å². The summed E-state index contributed by atoms with van der Waals surface area (Å²) < 4.78 is 8.21. The van der Waals surface area contributed by atoms with Gasteiger partial charge in [0.2, 0.25) is 0 Å². The number of nitrogens with zero attached hydrogens (tertiary/aromatic N) is 1. The highest BCUT2D eigenvalue weighted by atomic mass is 16.5. The first kappa shape index (κ1) is 18.3. The van der Waals surface area contributed by atoms with Crippen molar-refractivity contribution < 1.29 is 4.74 Å². The molecule has 2 heteroatoms. The van der Waals surface area contributed by atoms with E-state index in [1.807, 2.05) is 30.3 Å². The van der Waals surface area contributed by atoms with Gasteiger partial charge in [0.1, 0.15) is 12.4 Å². The van der Waals surface area contributed by atoms with E-state index in [-0.39, 0.29) is 0 Å². The van der Waals surface area contributed by atoms with Crippen LogP contribution in [0.2, 0.25) is 0 Å². The van der Waals surface area contributed by atoms with Crippen LogP contribution in [0, 0.1) is 0 Å². The molecule has 2 nitrogen and oxygen atoms in total. The third-order valence-electron chi connectivity index (χ3n) is 5.40. The Morgan fingerprint density at radius 3 is 2.23 bits per heavy atom. The van der Waals surface area contributed by atoms with Crippen LogP contribution in [0.5, 0.6) is 5.75 Å². The molecule has 0 saturated heterocycles. The maximum atomic E-state index is 5.91. The van der Waals surface area contributed by atoms with Gasteiger partial charge in [0.05, 0.1) is 0 Å². The summed E-state index contributed by atoms with van der Waals surface area (Å²) in [6.07, 6.45) is 2.16. The average Bonchev–Trinajstić information content (AvgIpc) is 3.22. The fourth-order valence-corrected chi connectivity index (χ4v) is 3.81. The number of fused-ring (bicyclic) bond motifs is 1. The standard InChI is InChI=1S/C28H23NO/c1-2-7-22(8-3-1)21-30-27-15-13-24(14-16-27)26-11-6-9-23(19-26)20-29-18-17-25-10-4-5-12-28(25)29/h1-19H,20-21H2. The molecule has 0 aliphatic rings. The highest BCUT2D eigenvalue weighted by molar-refractivity contribution is 5.80. The van der Waals surface area contributed by atoms with Crippen molar-refractivity contribution in [2.24, 2.45) is 0 Å². The SMILES string of the molecule is c1ccc(COc2ccc(-c3cccc(Cn4ccc5ccccc54)c3)cc2)cc1. The molecule has 1 heterocycles. The van der Waals surface area contributed by atoms with Gasteiger partial charge in [-0.2, -0.15) is 0 Å². The molecule has 30 heavy (non-hydrogen) atoms. The van der Waals surface area contributed by atoms with Gasteiger partial charge in [-0.3, -0.25) is 0 Å². The molecule has 1 aromatic heterocycles. The lowest BCUT2D eigenvalue weighted by Gasteiger charge is -2.10. The number of hydrogen-bond donors (Lipinski definition) is 0. The molecule has 5 rings (SSSR count). The highest BCUT2D eigenvalue weighted by Crippen LogP contribution is 2.25. The Balaban J connectivity index is 1.31. The summed E-state index contributed by atoms with van der Waals surface area (Å²) in [5.74, 6) is 0.887. The molecule has 146 valence electrons. The molecular weight excluding hydrogens is 366 g/mol. The molecule has 0 spiro atoms. The van der Waals surface area contributed by atoms with E-state index in [0.717, 1.165) is 12.3 Å². The smallest absolute Gasteiger partial charge is 0.119 e. The van der Waals surface area contributed by atoms with Crippen molar-refractivity contribution in [1.29, 1.82) is 0 Å². The minimum absolute atomic E-state index is 0.584. The molecule has 0 aliphatic carbocycles. The zero-order chi connectivity index (χ0) is 20.2. The Hall–Kier alpha value is -3.78. The molecule has 5 aromatic rings. The zero-order valence-electron chi connectivity index (χ0n) is 16.7. The van der Waals surface area contributed by atoms with Gasteiger partial charge in [0.15, 0.2) is 0 Å². The summed E-state index contributed by atoms with van der Waals surface area (Å²) in [7, 11) is 0. The lowest BCUT2D eigenvalue weighted by atomic mass is 10.0. The van der Waals surface area contributed by atoms with Gasteiger partial charge in [0.25, 0.3) is 0 Å². The van der Waals surface area contributed by atoms with Gasteiger partial charge < -0.3 is 9.30 Å². The van der Waals surface area contributed by atoms with Crippen molar-refractivity contribution in [3.8, 4) is 16.9 Å². The lowest BCUT2D eigenvalue weighted by Crippen LogP contribution is -1.98. The van der Waals surface area contributed by atoms with Crippen molar-refractivity contribution in [2.45, 2.75) is 13.2 Å². The van der Waals surface area contributed by atoms with Crippen LogP contribution < -0.4 is 4.74 Å². The van der Waals surface area contributed by atoms with Crippen LogP contribution in [0.4, 0.5) is 0 Å². The van der Waals surface area contributed by atoms with E-state index in [4.69, 9.17) is 4.74 Å². The number of aromatic nitrogens is 1. The largest absolute Gasteiger partial charge is 0.489 e. The van der Waals surface area contributed by atoms with E-state index in [9.17, 15) is 0 Å². The fraction of sp³-hybridized carbons (Fsp3) is 0.0714. The Kier molecular flexibility index (Phi) is 5.05. The molecule has 4 aromatic carbocycles. The maximum Gasteiger partial charge on any atom is 0.119 e. The first-order valence-corrected chi connectivity index (χ1v) is 10.3. The average molecular weight is 389 g/mol. The van der Waals surface area contributed by atoms with Gasteiger partial charge in [-0.25, -0.2) is 0 Å². The lowest BCUT2D eigenvalue weighted by molar-refractivity contribution is 0.306. The van der Waals surface area contributed by atoms with Crippen LogP contribution in [0.15, 0.2) is 115 Å². The molecule has 0 fully saturated rings. The minimum atomic E-state index is 0.584. The third kappa shape index (κ3) is 3.99. The minimum Gasteiger partial charge on any atom is -0.489 e. The zero-order valence-corrected chi connectivity index (χ0v) is 16.7. The summed E-state index contributed by atoms with van der Waals surface area (Å²) >= 11 is 0. The number of ether oxygens (including phenoxy) is 1. The molecule has 0 radical (unpaired) electrons. The van der Waals surface area contributed by atoms with Crippen molar-refractivity contribution in [3.63, 3.8) is 0 Å². The topological polar surface area (TPSA) is 14.2 Å². The Bertz CT molecular complexity index is 1250. The molecule has 0 amide bonds. The highest BCUT2D eigenvalue weighted by Gasteiger charge is 2.04. The normalized spacial score (nSPS) is 10.9. The Morgan fingerprint density at radius 1 is 0.600 bits per heavy atom. The Labute approximate surface area is 177 Å². The second-order valence-corrected chi connectivity index (χ2v) is 7.50. The van der Waals surface area contributed by atoms with Gasteiger partial charge in [0, 0.05) is 18.3 Å². The van der Waals surface area contributed by atoms with E-state index in [1.54, 1.807) is 0 Å². The monoisotopic (exact) mass is 389 g/mol. The number of rotatable bonds is 6. The number of para-hydroxylation sites is 1. The Morgan fingerprint density at radius 2 is 1.37 bits per heavy atom. The molecule has 0 unspecified atom stereocenters. The van der Waals surface area contributed by atoms with Crippen LogP contribution >= 0.6 is 0 Å². The summed E-state index contributed by atoms with van der Waals surface area (Å²) in [5, 5.41) is 1.28. The fourth-order valence-electron chi connectivity index (χ4n) is 3.81. The summed E-state index contributed by atoms with van der Waals surface area (Å²) in [6.45, 7) is 1.44. The van der Waals surface area contributed by atoms with E-state index < -0.39 is 0 Å². The number of hydrogen-bond acceptors (Lipinski definition) is 1. The second-order valence-electron chi connectivity index (χ2n) is 7.50. The summed E-state index contributed by atoms with van der Waals surface area (Å²) in [6, 6.07) is 38.0. The molecule has 0 atom stereocenters. The molecule has 0 bridgehead atoms. The first-order chi connectivity index (χ1) is 14.8. The number of benzene rings is 4. The summed E-state index contributed by atoms with van der Waals surface area (Å²) in [5.41, 5.74) is 6.15. The van der Waals surface area contributed by atoms with Crippen molar-refractivity contribution in [3.05, 3.63) is 127 Å². The molecule has 0 aliphatic heterocycles. The van der Waals surface area contributed by atoms with Gasteiger partial charge in [-0.15, -0.1) is 0 Å². The predicted molar refractivity (Wildman–Crippen MR) is 124 cm³/mol. The van der Waals surface area contributed by atoms with Crippen LogP contribution in [-0.4, -0.2) is 4.57 Å². The van der Waals surface area contributed by atoms with E-state index >= 15 is 0 Å². The van der Waals surface area contributed by atoms with Crippen molar-refractivity contribution in [2.75, 3.05) is 0 Å². The van der Waals surface area contributed by atoms with Gasteiger partial charge in [-0.1, -0.05) is 78.9 Å². The van der Waals surface area contributed by atoms with Crippen LogP contribution in [0.3, 0.4) is 0 Å². The van der Waals surface area contributed by atoms with Crippen molar-refractivity contribution >= 4 is 10.9 Å². The predicted octanol–water partition coefficient (Wildman–Crippen LogP) is 6.94. The van der Waals surface area contributed by atoms with E-state index in [1.165, 1.54) is 33.2 Å². The van der Waals surface area contributed by atoms with E-state index in [0.29, 0.717) is 6.61 Å². The molecular formula is C28H23NO. The molecule has 0 N–H and O–H groups in total. The second kappa shape index (κ2) is 8.30. The quantitative estimate of drug-likeness (QED) is 0.307. The molecule has 0 saturated carbocycles. The van der Waals surface area contributed by atoms with E-state index in [2.05, 4.69) is 89.6 Å². The first-order valence-electron chi connectivity index (χ1n) is 10.3. The van der Waals surface area contributed by atoms with Crippen LogP contribution in [0.1, 0.15) is 11.1 Å². The third-order valence-corrected chi connectivity index (χ3v) is 5.40. The summed E-state index contributed by atoms with van der Waals surface area (Å²) in [4.78, 5) is 0. The van der Waals surface area contributed by atoms with Crippen LogP contribution in [-0.2, 0) is 13.2 Å².